The second-order valence-electron chi connectivity index (χ2n) is 3.96. The first-order valence-corrected chi connectivity index (χ1v) is 7.21. The highest BCUT2D eigenvalue weighted by Gasteiger charge is 2.21. The number of hydrogen-bond acceptors (Lipinski definition) is 4. The minimum atomic E-state index is -3.77. The van der Waals surface area contributed by atoms with Crippen LogP contribution in [-0.4, -0.2) is 26.0 Å². The number of carboxylic acid groups (broad SMARTS) is 1. The van der Waals surface area contributed by atoms with Crippen LogP contribution in [0.2, 0.25) is 0 Å². The predicted octanol–water partition coefficient (Wildman–Crippen LogP) is 1.69. The molecule has 0 aliphatic heterocycles. The summed E-state index contributed by atoms with van der Waals surface area (Å²) in [5.41, 5.74) is 0. The average Bonchev–Trinajstić information content (AvgIpc) is 2.80. The molecule has 0 bridgehead atoms. The van der Waals surface area contributed by atoms with Gasteiger partial charge in [0.25, 0.3) is 10.0 Å². The van der Waals surface area contributed by atoms with Gasteiger partial charge in [0.2, 0.25) is 10.9 Å². The lowest BCUT2D eigenvalue weighted by molar-refractivity contribution is 0.0656. The predicted molar refractivity (Wildman–Crippen MR) is 64.9 cm³/mol. The van der Waals surface area contributed by atoms with Gasteiger partial charge in [-0.1, -0.05) is 26.7 Å². The summed E-state index contributed by atoms with van der Waals surface area (Å²) in [5, 5.41) is 8.28. The number of nitrogens with one attached hydrogen (secondary N) is 1. The summed E-state index contributed by atoms with van der Waals surface area (Å²) < 4.78 is 30.8. The molecule has 2 N–H and O–H groups in total. The minimum absolute atomic E-state index is 0.258. The molecule has 0 aliphatic rings. The smallest absolute Gasteiger partial charge is 0.371 e. The number of carbonyl (C=O) groups is 1. The first-order chi connectivity index (χ1) is 8.40. The molecular weight excluding hydrogens is 258 g/mol. The Balaban J connectivity index is 2.76. The Bertz CT molecular complexity index is 501. The van der Waals surface area contributed by atoms with Gasteiger partial charge in [-0.25, -0.2) is 17.9 Å². The maximum atomic E-state index is 11.8. The third-order valence-electron chi connectivity index (χ3n) is 2.77. The van der Waals surface area contributed by atoms with E-state index in [0.717, 1.165) is 25.0 Å². The molecule has 7 heteroatoms. The molecule has 0 fully saturated rings. The van der Waals surface area contributed by atoms with Gasteiger partial charge < -0.3 is 9.52 Å². The molecule has 0 aliphatic carbocycles. The lowest BCUT2D eigenvalue weighted by Crippen LogP contribution is -2.28. The van der Waals surface area contributed by atoms with Crippen LogP contribution in [-0.2, 0) is 10.0 Å². The third-order valence-corrected chi connectivity index (χ3v) is 4.07. The molecule has 1 aromatic rings. The van der Waals surface area contributed by atoms with Crippen LogP contribution < -0.4 is 4.72 Å². The van der Waals surface area contributed by atoms with Crippen LogP contribution in [0.3, 0.4) is 0 Å². The van der Waals surface area contributed by atoms with Gasteiger partial charge in [0.15, 0.2) is 0 Å². The van der Waals surface area contributed by atoms with E-state index in [4.69, 9.17) is 9.52 Å². The quantitative estimate of drug-likeness (QED) is 0.789. The van der Waals surface area contributed by atoms with Crippen molar-refractivity contribution in [2.75, 3.05) is 6.54 Å². The minimum Gasteiger partial charge on any atom is -0.475 e. The van der Waals surface area contributed by atoms with E-state index in [0.29, 0.717) is 6.54 Å². The van der Waals surface area contributed by atoms with Crippen molar-refractivity contribution in [2.24, 2.45) is 5.92 Å². The van der Waals surface area contributed by atoms with Crippen molar-refractivity contribution in [3.05, 3.63) is 17.9 Å². The maximum absolute atomic E-state index is 11.8. The summed E-state index contributed by atoms with van der Waals surface area (Å²) in [5.74, 6) is -1.43. The number of hydrogen-bond donors (Lipinski definition) is 2. The largest absolute Gasteiger partial charge is 0.475 e. The van der Waals surface area contributed by atoms with Crippen LogP contribution in [0.25, 0.3) is 0 Å². The standard InChI is InChI=1S/C11H17NO5S/c1-3-8(4-2)7-12-18(15,16)10-6-5-9(17-10)11(13)14/h5-6,8,12H,3-4,7H2,1-2H3,(H,13,14). The van der Waals surface area contributed by atoms with E-state index < -0.39 is 21.8 Å². The number of sulfonamides is 1. The van der Waals surface area contributed by atoms with E-state index in [2.05, 4.69) is 4.72 Å². The van der Waals surface area contributed by atoms with Crippen molar-refractivity contribution in [1.29, 1.82) is 0 Å². The van der Waals surface area contributed by atoms with Crippen LogP contribution in [0.5, 0.6) is 0 Å². The van der Waals surface area contributed by atoms with Gasteiger partial charge in [0, 0.05) is 6.54 Å². The first-order valence-electron chi connectivity index (χ1n) is 5.73. The molecule has 18 heavy (non-hydrogen) atoms. The van der Waals surface area contributed by atoms with Crippen LogP contribution >= 0.6 is 0 Å². The fraction of sp³-hybridized carbons (Fsp3) is 0.545. The number of rotatable bonds is 7. The molecule has 0 aromatic carbocycles. The lowest BCUT2D eigenvalue weighted by Gasteiger charge is -2.12. The van der Waals surface area contributed by atoms with E-state index in [-0.39, 0.29) is 11.0 Å². The van der Waals surface area contributed by atoms with E-state index in [1.54, 1.807) is 0 Å². The summed E-state index contributed by atoms with van der Waals surface area (Å²) >= 11 is 0. The highest BCUT2D eigenvalue weighted by atomic mass is 32.2. The van der Waals surface area contributed by atoms with Crippen molar-refractivity contribution >= 4 is 16.0 Å². The fourth-order valence-electron chi connectivity index (χ4n) is 1.46. The van der Waals surface area contributed by atoms with Crippen molar-refractivity contribution in [1.82, 2.24) is 4.72 Å². The van der Waals surface area contributed by atoms with E-state index >= 15 is 0 Å². The van der Waals surface area contributed by atoms with Crippen molar-refractivity contribution in [2.45, 2.75) is 31.8 Å². The van der Waals surface area contributed by atoms with Gasteiger partial charge in [0.05, 0.1) is 0 Å². The van der Waals surface area contributed by atoms with Crippen LogP contribution in [0.1, 0.15) is 37.2 Å². The Morgan fingerprint density at radius 1 is 1.39 bits per heavy atom. The molecule has 1 rings (SSSR count). The number of carboxylic acids is 1. The fourth-order valence-corrected chi connectivity index (χ4v) is 2.50. The van der Waals surface area contributed by atoms with Crippen LogP contribution in [0, 0.1) is 5.92 Å². The molecule has 0 unspecified atom stereocenters. The Morgan fingerprint density at radius 2 is 2.00 bits per heavy atom. The van der Waals surface area contributed by atoms with E-state index in [1.807, 2.05) is 13.8 Å². The van der Waals surface area contributed by atoms with Gasteiger partial charge in [0.1, 0.15) is 0 Å². The first kappa shape index (κ1) is 14.7. The summed E-state index contributed by atoms with van der Waals surface area (Å²) in [6, 6.07) is 2.26. The molecule has 0 amide bonds. The SMILES string of the molecule is CCC(CC)CNS(=O)(=O)c1ccc(C(=O)O)o1. The number of aromatic carboxylic acids is 1. The average molecular weight is 275 g/mol. The summed E-state index contributed by atoms with van der Waals surface area (Å²) in [6.45, 7) is 4.29. The van der Waals surface area contributed by atoms with E-state index in [9.17, 15) is 13.2 Å². The molecule has 0 saturated carbocycles. The van der Waals surface area contributed by atoms with Crippen molar-refractivity contribution < 1.29 is 22.7 Å². The van der Waals surface area contributed by atoms with Crippen LogP contribution in [0.4, 0.5) is 0 Å². The Kier molecular flexibility index (Phi) is 4.92. The van der Waals surface area contributed by atoms with Gasteiger partial charge >= 0.3 is 5.97 Å². The zero-order valence-corrected chi connectivity index (χ0v) is 11.2. The van der Waals surface area contributed by atoms with Gasteiger partial charge in [-0.15, -0.1) is 0 Å². The Morgan fingerprint density at radius 3 is 2.44 bits per heavy atom. The zero-order valence-electron chi connectivity index (χ0n) is 10.3. The second kappa shape index (κ2) is 6.01. The molecule has 1 aromatic heterocycles. The molecule has 1 heterocycles. The van der Waals surface area contributed by atoms with Crippen LogP contribution in [0.15, 0.2) is 21.6 Å². The molecule has 0 atom stereocenters. The normalized spacial score (nSPS) is 11.9. The molecule has 0 spiro atoms. The monoisotopic (exact) mass is 275 g/mol. The van der Waals surface area contributed by atoms with E-state index in [1.165, 1.54) is 0 Å². The number of furan rings is 1. The highest BCUT2D eigenvalue weighted by molar-refractivity contribution is 7.89. The van der Waals surface area contributed by atoms with Crippen molar-refractivity contribution in [3.63, 3.8) is 0 Å². The lowest BCUT2D eigenvalue weighted by atomic mass is 10.0. The third kappa shape index (κ3) is 3.58. The van der Waals surface area contributed by atoms with Gasteiger partial charge in [-0.3, -0.25) is 0 Å². The Hall–Kier alpha value is -1.34. The molecule has 102 valence electrons. The summed E-state index contributed by atoms with van der Waals surface area (Å²) in [7, 11) is -3.77. The van der Waals surface area contributed by atoms with Crippen molar-refractivity contribution in [3.8, 4) is 0 Å². The summed E-state index contributed by atoms with van der Waals surface area (Å²) in [4.78, 5) is 10.6. The molecule has 0 saturated heterocycles. The summed E-state index contributed by atoms with van der Waals surface area (Å²) in [6.07, 6.45) is 1.75. The second-order valence-corrected chi connectivity index (χ2v) is 5.66. The molecule has 0 radical (unpaired) electrons. The van der Waals surface area contributed by atoms with Gasteiger partial charge in [-0.2, -0.15) is 0 Å². The molecular formula is C11H17NO5S. The Labute approximate surface area is 106 Å². The topological polar surface area (TPSA) is 96.6 Å². The zero-order chi connectivity index (χ0) is 13.8. The highest BCUT2D eigenvalue weighted by Crippen LogP contribution is 2.14. The molecule has 6 nitrogen and oxygen atoms in total. The van der Waals surface area contributed by atoms with Gasteiger partial charge in [-0.05, 0) is 18.1 Å². The maximum Gasteiger partial charge on any atom is 0.371 e.